The highest BCUT2D eigenvalue weighted by molar-refractivity contribution is 6.30. The molecule has 1 saturated heterocycles. The van der Waals surface area contributed by atoms with Gasteiger partial charge in [0, 0.05) is 18.6 Å². The first-order valence-corrected chi connectivity index (χ1v) is 7.82. The van der Waals surface area contributed by atoms with Crippen molar-refractivity contribution in [3.05, 3.63) is 34.6 Å². The van der Waals surface area contributed by atoms with Crippen LogP contribution in [0.5, 0.6) is 0 Å². The summed E-state index contributed by atoms with van der Waals surface area (Å²) in [6, 6.07) is 5.36. The Morgan fingerprint density at radius 2 is 2.25 bits per heavy atom. The minimum Gasteiger partial charge on any atom is -0.378 e. The third kappa shape index (κ3) is 3.72. The summed E-state index contributed by atoms with van der Waals surface area (Å²) in [7, 11) is 0. The van der Waals surface area contributed by atoms with Crippen LogP contribution in [0.4, 0.5) is 4.39 Å². The Morgan fingerprint density at radius 1 is 1.45 bits per heavy atom. The van der Waals surface area contributed by atoms with Crippen LogP contribution in [0.25, 0.3) is 0 Å². The summed E-state index contributed by atoms with van der Waals surface area (Å²) in [6.45, 7) is 6.05. The molecule has 0 saturated carbocycles. The first-order valence-electron chi connectivity index (χ1n) is 7.44. The Kier molecular flexibility index (Phi) is 5.82. The molecule has 20 heavy (non-hydrogen) atoms. The van der Waals surface area contributed by atoms with Crippen molar-refractivity contribution in [3.8, 4) is 0 Å². The normalized spacial score (nSPS) is 24.0. The SMILES string of the molecule is CCNC(Cc1ccc(F)c(Cl)c1)C1CCOC1CC. The zero-order valence-corrected chi connectivity index (χ0v) is 12.9. The Bertz CT molecular complexity index is 440. The molecule has 0 bridgehead atoms. The summed E-state index contributed by atoms with van der Waals surface area (Å²) in [5.41, 5.74) is 1.07. The van der Waals surface area contributed by atoms with Gasteiger partial charge in [0.2, 0.25) is 0 Å². The van der Waals surface area contributed by atoms with E-state index in [0.29, 0.717) is 18.1 Å². The van der Waals surface area contributed by atoms with Gasteiger partial charge < -0.3 is 10.1 Å². The minimum atomic E-state index is -0.356. The van der Waals surface area contributed by atoms with E-state index in [1.165, 1.54) is 6.07 Å². The fraction of sp³-hybridized carbons (Fsp3) is 0.625. The molecule has 1 aliphatic rings. The topological polar surface area (TPSA) is 21.3 Å². The summed E-state index contributed by atoms with van der Waals surface area (Å²) in [4.78, 5) is 0. The predicted molar refractivity (Wildman–Crippen MR) is 80.7 cm³/mol. The van der Waals surface area contributed by atoms with Crippen molar-refractivity contribution < 1.29 is 9.13 Å². The first kappa shape index (κ1) is 15.7. The van der Waals surface area contributed by atoms with Crippen LogP contribution in [0.2, 0.25) is 5.02 Å². The van der Waals surface area contributed by atoms with Gasteiger partial charge in [-0.2, -0.15) is 0 Å². The number of hydrogen-bond acceptors (Lipinski definition) is 2. The van der Waals surface area contributed by atoms with E-state index >= 15 is 0 Å². The number of ether oxygens (including phenoxy) is 1. The monoisotopic (exact) mass is 299 g/mol. The summed E-state index contributed by atoms with van der Waals surface area (Å²) in [6.07, 6.45) is 3.31. The minimum absolute atomic E-state index is 0.201. The number of benzene rings is 1. The Morgan fingerprint density at radius 3 is 2.90 bits per heavy atom. The Hall–Kier alpha value is -0.640. The molecule has 1 aromatic rings. The Balaban J connectivity index is 2.10. The van der Waals surface area contributed by atoms with Gasteiger partial charge in [-0.1, -0.05) is 31.5 Å². The fourth-order valence-electron chi connectivity index (χ4n) is 3.10. The summed E-state index contributed by atoms with van der Waals surface area (Å²) in [5, 5.41) is 3.76. The molecule has 0 spiro atoms. The van der Waals surface area contributed by atoms with E-state index in [2.05, 4.69) is 19.2 Å². The van der Waals surface area contributed by atoms with Crippen LogP contribution >= 0.6 is 11.6 Å². The molecule has 1 aliphatic heterocycles. The molecular weight excluding hydrogens is 277 g/mol. The Labute approximate surface area is 125 Å². The van der Waals surface area contributed by atoms with Crippen molar-refractivity contribution in [1.82, 2.24) is 5.32 Å². The molecule has 4 heteroatoms. The third-order valence-electron chi connectivity index (χ3n) is 4.09. The maximum Gasteiger partial charge on any atom is 0.141 e. The second kappa shape index (κ2) is 7.39. The number of likely N-dealkylation sites (N-methyl/N-ethyl adjacent to an activating group) is 1. The van der Waals surface area contributed by atoms with E-state index < -0.39 is 0 Å². The number of nitrogens with one attached hydrogen (secondary N) is 1. The average molecular weight is 300 g/mol. The fourth-order valence-corrected chi connectivity index (χ4v) is 3.31. The van der Waals surface area contributed by atoms with Crippen molar-refractivity contribution >= 4 is 11.6 Å². The molecular formula is C16H23ClFNO. The van der Waals surface area contributed by atoms with Gasteiger partial charge in [0.15, 0.2) is 0 Å². The predicted octanol–water partition coefficient (Wildman–Crippen LogP) is 3.81. The molecule has 0 aliphatic carbocycles. The molecule has 2 rings (SSSR count). The highest BCUT2D eigenvalue weighted by atomic mass is 35.5. The van der Waals surface area contributed by atoms with Crippen LogP contribution in [0.15, 0.2) is 18.2 Å². The first-order chi connectivity index (χ1) is 9.65. The number of rotatable bonds is 6. The smallest absolute Gasteiger partial charge is 0.141 e. The summed E-state index contributed by atoms with van der Waals surface area (Å²) in [5.74, 6) is 0.162. The van der Waals surface area contributed by atoms with Crippen molar-refractivity contribution in [2.75, 3.05) is 13.2 Å². The average Bonchev–Trinajstić information content (AvgIpc) is 2.90. The molecule has 1 aromatic carbocycles. The van der Waals surface area contributed by atoms with Crippen LogP contribution in [0.1, 0.15) is 32.3 Å². The zero-order valence-electron chi connectivity index (χ0n) is 12.2. The largest absolute Gasteiger partial charge is 0.378 e. The van der Waals surface area contributed by atoms with Gasteiger partial charge in [-0.25, -0.2) is 4.39 Å². The van der Waals surface area contributed by atoms with Gasteiger partial charge in [-0.05, 0) is 43.5 Å². The number of hydrogen-bond donors (Lipinski definition) is 1. The van der Waals surface area contributed by atoms with Crippen LogP contribution < -0.4 is 5.32 Å². The molecule has 0 radical (unpaired) electrons. The quantitative estimate of drug-likeness (QED) is 0.862. The van der Waals surface area contributed by atoms with Crippen molar-refractivity contribution in [2.45, 2.75) is 45.3 Å². The molecule has 1 heterocycles. The van der Waals surface area contributed by atoms with E-state index in [0.717, 1.165) is 38.0 Å². The summed E-state index contributed by atoms with van der Waals surface area (Å²) < 4.78 is 19.0. The van der Waals surface area contributed by atoms with Gasteiger partial charge in [0.25, 0.3) is 0 Å². The maximum absolute atomic E-state index is 13.2. The second-order valence-corrected chi connectivity index (χ2v) is 5.79. The van der Waals surface area contributed by atoms with Crippen LogP contribution in [-0.4, -0.2) is 25.3 Å². The maximum atomic E-state index is 13.2. The standard InChI is InChI=1S/C16H23ClFNO/c1-3-16-12(7-8-20-16)15(19-4-2)10-11-5-6-14(18)13(17)9-11/h5-6,9,12,15-16,19H,3-4,7-8,10H2,1-2H3. The molecule has 0 aromatic heterocycles. The van der Waals surface area contributed by atoms with Crippen molar-refractivity contribution in [3.63, 3.8) is 0 Å². The van der Waals surface area contributed by atoms with E-state index in [1.54, 1.807) is 6.07 Å². The molecule has 1 N–H and O–H groups in total. The van der Waals surface area contributed by atoms with Crippen LogP contribution in [0, 0.1) is 11.7 Å². The zero-order chi connectivity index (χ0) is 14.5. The molecule has 3 atom stereocenters. The third-order valence-corrected chi connectivity index (χ3v) is 4.38. The lowest BCUT2D eigenvalue weighted by molar-refractivity contribution is 0.0776. The molecule has 1 fully saturated rings. The van der Waals surface area contributed by atoms with E-state index in [1.807, 2.05) is 6.07 Å². The number of halogens is 2. The lowest BCUT2D eigenvalue weighted by atomic mass is 9.87. The van der Waals surface area contributed by atoms with E-state index in [4.69, 9.17) is 16.3 Å². The van der Waals surface area contributed by atoms with Gasteiger partial charge in [0.1, 0.15) is 5.82 Å². The molecule has 112 valence electrons. The lowest BCUT2D eigenvalue weighted by Crippen LogP contribution is -2.41. The van der Waals surface area contributed by atoms with E-state index in [-0.39, 0.29) is 10.8 Å². The van der Waals surface area contributed by atoms with Gasteiger partial charge >= 0.3 is 0 Å². The van der Waals surface area contributed by atoms with Crippen molar-refractivity contribution in [1.29, 1.82) is 0 Å². The molecule has 2 nitrogen and oxygen atoms in total. The van der Waals surface area contributed by atoms with Gasteiger partial charge in [0.05, 0.1) is 11.1 Å². The van der Waals surface area contributed by atoms with Crippen LogP contribution in [0.3, 0.4) is 0 Å². The highest BCUT2D eigenvalue weighted by Gasteiger charge is 2.33. The molecule has 0 amide bonds. The highest BCUT2D eigenvalue weighted by Crippen LogP contribution is 2.29. The summed E-state index contributed by atoms with van der Waals surface area (Å²) >= 11 is 5.87. The second-order valence-electron chi connectivity index (χ2n) is 5.39. The van der Waals surface area contributed by atoms with Crippen molar-refractivity contribution in [2.24, 2.45) is 5.92 Å². The molecule has 3 unspecified atom stereocenters. The van der Waals surface area contributed by atoms with Gasteiger partial charge in [-0.15, -0.1) is 0 Å². The van der Waals surface area contributed by atoms with Crippen LogP contribution in [-0.2, 0) is 11.2 Å². The van der Waals surface area contributed by atoms with Gasteiger partial charge in [-0.3, -0.25) is 0 Å². The lowest BCUT2D eigenvalue weighted by Gasteiger charge is -2.28. The van der Waals surface area contributed by atoms with E-state index in [9.17, 15) is 4.39 Å².